The maximum absolute atomic E-state index is 13.4. The zero-order valence-electron chi connectivity index (χ0n) is 25.7. The molecule has 1 aliphatic rings. The zero-order valence-corrected chi connectivity index (χ0v) is 27.4. The van der Waals surface area contributed by atoms with E-state index < -0.39 is 69.5 Å². The monoisotopic (exact) mass is 696 g/mol. The van der Waals surface area contributed by atoms with Gasteiger partial charge in [-0.2, -0.15) is 16.8 Å². The molecule has 5 rings (SSSR count). The minimum atomic E-state index is -4.64. The quantitative estimate of drug-likeness (QED) is 0.177. The van der Waals surface area contributed by atoms with Crippen LogP contribution in [-0.2, 0) is 42.8 Å². The lowest BCUT2D eigenvalue weighted by molar-refractivity contribution is -0.277. The number of aliphatic hydroxyl groups is 1. The summed E-state index contributed by atoms with van der Waals surface area (Å²) in [7, 11) is -9.04. The Morgan fingerprint density at radius 2 is 1.06 bits per heavy atom. The van der Waals surface area contributed by atoms with Crippen LogP contribution in [-0.4, -0.2) is 71.2 Å². The maximum atomic E-state index is 13.4. The summed E-state index contributed by atoms with van der Waals surface area (Å²) in [6.45, 7) is 2.69. The highest BCUT2D eigenvalue weighted by Gasteiger charge is 2.53. The van der Waals surface area contributed by atoms with E-state index in [4.69, 9.17) is 22.6 Å². The lowest BCUT2D eigenvalue weighted by Crippen LogP contribution is -2.62. The summed E-state index contributed by atoms with van der Waals surface area (Å²) in [6.07, 6.45) is -9.34. The van der Waals surface area contributed by atoms with Crippen LogP contribution in [0.2, 0.25) is 0 Å². The lowest BCUT2D eigenvalue weighted by atomic mass is 9.98. The number of aryl methyl sites for hydroxylation is 2. The van der Waals surface area contributed by atoms with E-state index in [-0.39, 0.29) is 20.9 Å². The van der Waals surface area contributed by atoms with Crippen molar-refractivity contribution in [1.29, 1.82) is 0 Å². The lowest BCUT2D eigenvalue weighted by Gasteiger charge is -2.42. The van der Waals surface area contributed by atoms with Gasteiger partial charge in [0.2, 0.25) is 0 Å². The van der Waals surface area contributed by atoms with E-state index in [1.54, 1.807) is 62.4 Å². The largest absolute Gasteiger partial charge is 0.452 e. The second-order valence-electron chi connectivity index (χ2n) is 10.9. The maximum Gasteiger partial charge on any atom is 0.338 e. The molecule has 1 heterocycles. The van der Waals surface area contributed by atoms with Gasteiger partial charge in [0.15, 0.2) is 24.6 Å². The average molecular weight is 697 g/mol. The Kier molecular flexibility index (Phi) is 10.7. The first-order valence-corrected chi connectivity index (χ1v) is 17.5. The molecule has 252 valence electrons. The summed E-state index contributed by atoms with van der Waals surface area (Å²) < 4.78 is 80.7. The molecule has 1 fully saturated rings. The molecule has 0 bridgehead atoms. The van der Waals surface area contributed by atoms with Gasteiger partial charge in [0.1, 0.15) is 6.10 Å². The van der Waals surface area contributed by atoms with Crippen LogP contribution < -0.4 is 0 Å². The number of carbonyl (C=O) groups is 2. The Hall–Kier alpha value is -4.44. The second-order valence-corrected chi connectivity index (χ2v) is 14.1. The van der Waals surface area contributed by atoms with E-state index in [1.807, 2.05) is 0 Å². The van der Waals surface area contributed by atoms with Crippen LogP contribution in [0.3, 0.4) is 0 Å². The molecule has 0 aromatic heterocycles. The average Bonchev–Trinajstić information content (AvgIpc) is 3.07. The third-order valence-corrected chi connectivity index (χ3v) is 9.98. The number of hydrogen-bond acceptors (Lipinski definition) is 12. The molecule has 1 saturated heterocycles. The van der Waals surface area contributed by atoms with Crippen molar-refractivity contribution in [2.75, 3.05) is 6.61 Å². The van der Waals surface area contributed by atoms with Gasteiger partial charge < -0.3 is 19.3 Å². The Morgan fingerprint density at radius 3 is 1.54 bits per heavy atom. The normalized spacial score (nSPS) is 21.3. The van der Waals surface area contributed by atoms with Gasteiger partial charge in [0.25, 0.3) is 20.2 Å². The van der Waals surface area contributed by atoms with Crippen LogP contribution >= 0.6 is 0 Å². The number of benzene rings is 4. The van der Waals surface area contributed by atoms with Crippen molar-refractivity contribution in [2.45, 2.75) is 54.3 Å². The molecular weight excluding hydrogens is 664 g/mol. The van der Waals surface area contributed by atoms with E-state index >= 15 is 0 Å². The van der Waals surface area contributed by atoms with Gasteiger partial charge in [-0.25, -0.2) is 9.59 Å². The van der Waals surface area contributed by atoms with Crippen LogP contribution in [0.1, 0.15) is 31.8 Å². The Balaban J connectivity index is 1.53. The molecule has 0 radical (unpaired) electrons. The third-order valence-electron chi connectivity index (χ3n) is 7.36. The van der Waals surface area contributed by atoms with Gasteiger partial charge in [-0.15, -0.1) is 0 Å². The molecule has 12 nitrogen and oxygen atoms in total. The molecular formula is C34H32O12S2. The van der Waals surface area contributed by atoms with Crippen LogP contribution in [0.5, 0.6) is 0 Å². The number of carbonyl (C=O) groups excluding carboxylic acids is 2. The first kappa shape index (κ1) is 34.9. The SMILES string of the molecule is Cc1ccc(S(=O)(=O)OC[C@@H]2O[C@@H](O)[C@@H](OS(=O)(=O)c3ccc(C)cc3)[C@@H](OC(=O)c3ccccc3)[C@H]2OC(=O)c2ccccc2)cc1. The minimum absolute atomic E-state index is 0.0431. The molecule has 4 aromatic carbocycles. The first-order valence-electron chi connectivity index (χ1n) is 14.7. The van der Waals surface area contributed by atoms with Crippen molar-refractivity contribution in [3.8, 4) is 0 Å². The fraction of sp³-hybridized carbons (Fsp3) is 0.235. The van der Waals surface area contributed by atoms with Gasteiger partial charge in [0, 0.05) is 0 Å². The number of rotatable bonds is 11. The van der Waals surface area contributed by atoms with E-state index in [0.717, 1.165) is 11.1 Å². The summed E-state index contributed by atoms with van der Waals surface area (Å²) in [5, 5.41) is 11.1. The highest BCUT2D eigenvalue weighted by molar-refractivity contribution is 7.87. The molecule has 5 atom stereocenters. The highest BCUT2D eigenvalue weighted by atomic mass is 32.2. The fourth-order valence-electron chi connectivity index (χ4n) is 4.78. The summed E-state index contributed by atoms with van der Waals surface area (Å²) in [6, 6.07) is 26.7. The van der Waals surface area contributed by atoms with Crippen LogP contribution in [0, 0.1) is 13.8 Å². The molecule has 1 aliphatic heterocycles. The molecule has 0 saturated carbocycles. The Labute approximate surface area is 278 Å². The van der Waals surface area contributed by atoms with Gasteiger partial charge >= 0.3 is 11.9 Å². The van der Waals surface area contributed by atoms with E-state index in [2.05, 4.69) is 0 Å². The van der Waals surface area contributed by atoms with E-state index in [1.165, 1.54) is 60.7 Å². The van der Waals surface area contributed by atoms with E-state index in [0.29, 0.717) is 0 Å². The smallest absolute Gasteiger partial charge is 0.338 e. The molecule has 0 aliphatic carbocycles. The predicted octanol–water partition coefficient (Wildman–Crippen LogP) is 3.95. The molecule has 4 aromatic rings. The van der Waals surface area contributed by atoms with Crippen molar-refractivity contribution in [3.63, 3.8) is 0 Å². The van der Waals surface area contributed by atoms with Crippen molar-refractivity contribution in [2.24, 2.45) is 0 Å². The predicted molar refractivity (Wildman–Crippen MR) is 170 cm³/mol. The van der Waals surface area contributed by atoms with Crippen LogP contribution in [0.4, 0.5) is 0 Å². The molecule has 48 heavy (non-hydrogen) atoms. The second kappa shape index (κ2) is 14.8. The number of ether oxygens (including phenoxy) is 3. The van der Waals surface area contributed by atoms with Crippen molar-refractivity contribution >= 4 is 32.2 Å². The topological polar surface area (TPSA) is 169 Å². The van der Waals surface area contributed by atoms with Gasteiger partial charge in [-0.1, -0.05) is 71.8 Å². The highest BCUT2D eigenvalue weighted by Crippen LogP contribution is 2.32. The van der Waals surface area contributed by atoms with Crippen LogP contribution in [0.25, 0.3) is 0 Å². The minimum Gasteiger partial charge on any atom is -0.452 e. The number of aliphatic hydroxyl groups excluding tert-OH is 1. The molecule has 0 spiro atoms. The van der Waals surface area contributed by atoms with E-state index in [9.17, 15) is 31.5 Å². The number of hydrogen-bond donors (Lipinski definition) is 1. The van der Waals surface area contributed by atoms with Crippen molar-refractivity contribution in [1.82, 2.24) is 0 Å². The summed E-state index contributed by atoms with van der Waals surface area (Å²) >= 11 is 0. The Morgan fingerprint density at radius 1 is 0.625 bits per heavy atom. The number of esters is 2. The van der Waals surface area contributed by atoms with Crippen molar-refractivity contribution in [3.05, 3.63) is 131 Å². The summed E-state index contributed by atoms with van der Waals surface area (Å²) in [4.78, 5) is 26.2. The third kappa shape index (κ3) is 8.34. The standard InChI is InChI=1S/C34H32O12S2/c1-22-13-17-26(18-14-22)47(38,39)42-21-28-29(44-32(35)24-9-5-3-6-10-24)30(45-33(36)25-11-7-4-8-12-25)31(34(37)43-28)46-48(40,41)27-19-15-23(2)16-20-27/h3-20,28-31,34,37H,21H2,1-2H3/t28-,29-,30-,31-,34+/m0/s1. The molecule has 14 heteroatoms. The Bertz CT molecular complexity index is 1930. The zero-order chi connectivity index (χ0) is 34.5. The first-order chi connectivity index (χ1) is 22.8. The van der Waals surface area contributed by atoms with Crippen molar-refractivity contribution < 1.29 is 54.1 Å². The van der Waals surface area contributed by atoms with Crippen LogP contribution in [0.15, 0.2) is 119 Å². The van der Waals surface area contributed by atoms with Gasteiger partial charge in [-0.3, -0.25) is 8.37 Å². The summed E-state index contributed by atoms with van der Waals surface area (Å²) in [5.41, 5.74) is 1.67. The molecule has 1 N–H and O–H groups in total. The summed E-state index contributed by atoms with van der Waals surface area (Å²) in [5.74, 6) is -1.93. The van der Waals surface area contributed by atoms with Gasteiger partial charge in [-0.05, 0) is 62.4 Å². The molecule has 0 unspecified atom stereocenters. The molecule has 0 amide bonds. The fourth-order valence-corrected chi connectivity index (χ4v) is 6.77. The van der Waals surface area contributed by atoms with Gasteiger partial charge in [0.05, 0.1) is 27.5 Å².